The van der Waals surface area contributed by atoms with Crippen LogP contribution in [-0.4, -0.2) is 61.9 Å². The molecule has 1 fully saturated rings. The summed E-state index contributed by atoms with van der Waals surface area (Å²) in [4.78, 5) is 29.0. The summed E-state index contributed by atoms with van der Waals surface area (Å²) < 4.78 is 0. The predicted octanol–water partition coefficient (Wildman–Crippen LogP) is 1.83. The summed E-state index contributed by atoms with van der Waals surface area (Å²) in [6.07, 6.45) is 1.73. The number of carbonyl (C=O) groups excluding carboxylic acids is 2. The number of hydrogen-bond acceptors (Lipinski definition) is 3. The summed E-state index contributed by atoms with van der Waals surface area (Å²) in [5.41, 5.74) is 2.91. The van der Waals surface area contributed by atoms with Crippen LogP contribution in [0.25, 0.3) is 0 Å². The van der Waals surface area contributed by atoms with E-state index in [0.717, 1.165) is 42.6 Å². The molecular formula is C19H29N3O2. The van der Waals surface area contributed by atoms with Gasteiger partial charge in [0.1, 0.15) is 0 Å². The summed E-state index contributed by atoms with van der Waals surface area (Å²) in [5.74, 6) is -0.00173. The molecule has 0 radical (unpaired) electrons. The summed E-state index contributed by atoms with van der Waals surface area (Å²) in [6, 6.07) is 5.92. The maximum Gasteiger partial charge on any atom is 0.253 e. The van der Waals surface area contributed by atoms with Crippen molar-refractivity contribution in [1.82, 2.24) is 15.1 Å². The summed E-state index contributed by atoms with van der Waals surface area (Å²) in [7, 11) is 3.97. The van der Waals surface area contributed by atoms with Crippen LogP contribution in [0, 0.1) is 19.8 Å². The van der Waals surface area contributed by atoms with E-state index in [1.54, 1.807) is 0 Å². The SMILES string of the molecule is Cc1cc(C)cc(C(=O)N2CCC[C@@H](C(=O)NCCN(C)C)C2)c1. The number of amides is 2. The lowest BCUT2D eigenvalue weighted by Gasteiger charge is -2.32. The number of likely N-dealkylation sites (N-methyl/N-ethyl adjacent to an activating group) is 1. The Morgan fingerprint density at radius 3 is 2.50 bits per heavy atom. The van der Waals surface area contributed by atoms with Crippen molar-refractivity contribution in [3.05, 3.63) is 34.9 Å². The molecule has 0 spiro atoms. The highest BCUT2D eigenvalue weighted by Gasteiger charge is 2.28. The molecule has 0 bridgehead atoms. The van der Waals surface area contributed by atoms with Gasteiger partial charge in [-0.15, -0.1) is 0 Å². The zero-order chi connectivity index (χ0) is 17.7. The third-order valence-corrected chi connectivity index (χ3v) is 4.41. The van der Waals surface area contributed by atoms with Gasteiger partial charge in [-0.05, 0) is 52.9 Å². The molecule has 1 aromatic rings. The van der Waals surface area contributed by atoms with Gasteiger partial charge in [0.25, 0.3) is 5.91 Å². The molecule has 1 heterocycles. The maximum absolute atomic E-state index is 12.8. The van der Waals surface area contributed by atoms with Gasteiger partial charge in [-0.3, -0.25) is 9.59 Å². The van der Waals surface area contributed by atoms with E-state index in [2.05, 4.69) is 11.4 Å². The average molecular weight is 331 g/mol. The van der Waals surface area contributed by atoms with Crippen molar-refractivity contribution >= 4 is 11.8 Å². The van der Waals surface area contributed by atoms with E-state index in [1.165, 1.54) is 0 Å². The van der Waals surface area contributed by atoms with Crippen molar-refractivity contribution in [1.29, 1.82) is 0 Å². The Morgan fingerprint density at radius 1 is 1.21 bits per heavy atom. The van der Waals surface area contributed by atoms with Crippen molar-refractivity contribution in [3.63, 3.8) is 0 Å². The molecule has 1 aliphatic heterocycles. The van der Waals surface area contributed by atoms with Crippen LogP contribution in [0.1, 0.15) is 34.3 Å². The molecule has 2 amide bonds. The minimum absolute atomic E-state index is 0.0348. The quantitative estimate of drug-likeness (QED) is 0.896. The molecule has 1 aliphatic rings. The van der Waals surface area contributed by atoms with Gasteiger partial charge in [0.2, 0.25) is 5.91 Å². The second-order valence-corrected chi connectivity index (χ2v) is 7.06. The fraction of sp³-hybridized carbons (Fsp3) is 0.579. The highest BCUT2D eigenvalue weighted by atomic mass is 16.2. The molecule has 1 aromatic carbocycles. The Labute approximate surface area is 145 Å². The van der Waals surface area contributed by atoms with Gasteiger partial charge in [0.05, 0.1) is 5.92 Å². The van der Waals surface area contributed by atoms with E-state index in [4.69, 9.17) is 0 Å². The zero-order valence-corrected chi connectivity index (χ0v) is 15.3. The van der Waals surface area contributed by atoms with Gasteiger partial charge in [-0.1, -0.05) is 17.2 Å². The first kappa shape index (κ1) is 18.5. The Morgan fingerprint density at radius 2 is 1.88 bits per heavy atom. The summed E-state index contributed by atoms with van der Waals surface area (Å²) in [6.45, 7) is 6.71. The standard InChI is InChI=1S/C19H29N3O2/c1-14-10-15(2)12-17(11-14)19(24)22-8-5-6-16(13-22)18(23)20-7-9-21(3)4/h10-12,16H,5-9,13H2,1-4H3,(H,20,23)/t16-/m1/s1. The fourth-order valence-corrected chi connectivity index (χ4v) is 3.20. The number of nitrogens with zero attached hydrogens (tertiary/aromatic N) is 2. The highest BCUT2D eigenvalue weighted by Crippen LogP contribution is 2.20. The molecule has 0 aliphatic carbocycles. The van der Waals surface area contributed by atoms with E-state index in [0.29, 0.717) is 13.1 Å². The van der Waals surface area contributed by atoms with Crippen molar-refractivity contribution < 1.29 is 9.59 Å². The number of aryl methyl sites for hydroxylation is 2. The number of carbonyl (C=O) groups is 2. The molecule has 1 N–H and O–H groups in total. The minimum Gasteiger partial charge on any atom is -0.355 e. The largest absolute Gasteiger partial charge is 0.355 e. The lowest BCUT2D eigenvalue weighted by Crippen LogP contribution is -2.46. The van der Waals surface area contributed by atoms with Gasteiger partial charge in [-0.2, -0.15) is 0 Å². The molecule has 0 saturated carbocycles. The first-order valence-corrected chi connectivity index (χ1v) is 8.67. The molecule has 0 unspecified atom stereocenters. The van der Waals surface area contributed by atoms with Crippen LogP contribution in [0.5, 0.6) is 0 Å². The van der Waals surface area contributed by atoms with Crippen LogP contribution in [0.4, 0.5) is 0 Å². The van der Waals surface area contributed by atoms with Crippen LogP contribution in [0.15, 0.2) is 18.2 Å². The first-order chi connectivity index (χ1) is 11.4. The number of hydrogen-bond donors (Lipinski definition) is 1. The fourth-order valence-electron chi connectivity index (χ4n) is 3.20. The van der Waals surface area contributed by atoms with Crippen molar-refractivity contribution in [3.8, 4) is 0 Å². The minimum atomic E-state index is -0.101. The van der Waals surface area contributed by atoms with Crippen LogP contribution in [0.2, 0.25) is 0 Å². The smallest absolute Gasteiger partial charge is 0.253 e. The van der Waals surface area contributed by atoms with Crippen molar-refractivity contribution in [2.24, 2.45) is 5.92 Å². The second-order valence-electron chi connectivity index (χ2n) is 7.06. The molecule has 2 rings (SSSR count). The van der Waals surface area contributed by atoms with Gasteiger partial charge in [0.15, 0.2) is 0 Å². The number of likely N-dealkylation sites (tertiary alicyclic amines) is 1. The molecular weight excluding hydrogens is 302 g/mol. The lowest BCUT2D eigenvalue weighted by molar-refractivity contribution is -0.126. The number of nitrogens with one attached hydrogen (secondary N) is 1. The Kier molecular flexibility index (Phi) is 6.37. The van der Waals surface area contributed by atoms with Gasteiger partial charge < -0.3 is 15.1 Å². The van der Waals surface area contributed by atoms with Crippen molar-refractivity contribution in [2.45, 2.75) is 26.7 Å². The van der Waals surface area contributed by atoms with E-state index in [1.807, 2.05) is 49.9 Å². The highest BCUT2D eigenvalue weighted by molar-refractivity contribution is 5.95. The van der Waals surface area contributed by atoms with Gasteiger partial charge in [0, 0.05) is 31.7 Å². The summed E-state index contributed by atoms with van der Waals surface area (Å²) in [5, 5.41) is 2.98. The normalized spacial score (nSPS) is 17.9. The average Bonchev–Trinajstić information content (AvgIpc) is 2.53. The second kappa shape index (κ2) is 8.29. The molecule has 0 aromatic heterocycles. The summed E-state index contributed by atoms with van der Waals surface area (Å²) >= 11 is 0. The zero-order valence-electron chi connectivity index (χ0n) is 15.3. The van der Waals surface area contributed by atoms with E-state index >= 15 is 0 Å². The lowest BCUT2D eigenvalue weighted by atomic mass is 9.96. The molecule has 1 atom stereocenters. The van der Waals surface area contributed by atoms with Crippen LogP contribution < -0.4 is 5.32 Å². The van der Waals surface area contributed by atoms with Gasteiger partial charge in [-0.25, -0.2) is 0 Å². The van der Waals surface area contributed by atoms with Crippen molar-refractivity contribution in [2.75, 3.05) is 40.3 Å². The Balaban J connectivity index is 1.96. The topological polar surface area (TPSA) is 52.7 Å². The first-order valence-electron chi connectivity index (χ1n) is 8.67. The maximum atomic E-state index is 12.8. The van der Waals surface area contributed by atoms with Gasteiger partial charge >= 0.3 is 0 Å². The molecule has 1 saturated heterocycles. The molecule has 5 heteroatoms. The number of piperidine rings is 1. The molecule has 24 heavy (non-hydrogen) atoms. The van der Waals surface area contributed by atoms with Crippen LogP contribution >= 0.6 is 0 Å². The number of rotatable bonds is 5. The van der Waals surface area contributed by atoms with Crippen LogP contribution in [0.3, 0.4) is 0 Å². The third-order valence-electron chi connectivity index (χ3n) is 4.41. The molecule has 132 valence electrons. The Bertz CT molecular complexity index is 578. The van der Waals surface area contributed by atoms with E-state index in [9.17, 15) is 9.59 Å². The number of benzene rings is 1. The predicted molar refractivity (Wildman–Crippen MR) is 96.1 cm³/mol. The van der Waals surface area contributed by atoms with E-state index < -0.39 is 0 Å². The third kappa shape index (κ3) is 5.06. The van der Waals surface area contributed by atoms with E-state index in [-0.39, 0.29) is 17.7 Å². The molecule has 5 nitrogen and oxygen atoms in total. The monoisotopic (exact) mass is 331 g/mol. The Hall–Kier alpha value is -1.88. The van der Waals surface area contributed by atoms with Crippen LogP contribution in [-0.2, 0) is 4.79 Å².